The standard InChI is InChI=1S/C15H15ClN2O2S.C6H11NO3S/c16-11-3-1-2-9(6-13-12(19)7-14(20)21-13)15(11)18-5-4-10(17)8-18;8-6(9)5-7-1-3-11(10)4-2-7/h1-3,6,10H,4-5,7-8,17H2;1-5H2,(H,8,9)/b13-6-;/t10-;/m0./s1. The molecule has 3 fully saturated rings. The summed E-state index contributed by atoms with van der Waals surface area (Å²) in [5, 5.41) is 8.95. The van der Waals surface area contributed by atoms with Crippen LogP contribution in [0.25, 0.3) is 6.08 Å². The highest BCUT2D eigenvalue weighted by Gasteiger charge is 2.27. The fourth-order valence-corrected chi connectivity index (χ4v) is 5.93. The molecule has 0 radical (unpaired) electrons. The van der Waals surface area contributed by atoms with Gasteiger partial charge in [0.15, 0.2) is 5.78 Å². The molecule has 0 unspecified atom stereocenters. The number of carboxylic acid groups (broad SMARTS) is 1. The quantitative estimate of drug-likeness (QED) is 0.469. The first-order valence-corrected chi connectivity index (χ1v) is 12.9. The van der Waals surface area contributed by atoms with E-state index in [0.29, 0.717) is 34.5 Å². The third-order valence-corrected chi connectivity index (χ3v) is 7.80. The van der Waals surface area contributed by atoms with Gasteiger partial charge in [0.2, 0.25) is 5.12 Å². The number of carbonyl (C=O) groups is 3. The number of anilines is 1. The number of para-hydroxylation sites is 1. The molecule has 0 amide bonds. The van der Waals surface area contributed by atoms with Crippen molar-refractivity contribution in [2.45, 2.75) is 18.9 Å². The van der Waals surface area contributed by atoms with Crippen LogP contribution in [0.15, 0.2) is 23.1 Å². The van der Waals surface area contributed by atoms with Crippen LogP contribution in [0.2, 0.25) is 5.02 Å². The van der Waals surface area contributed by atoms with E-state index in [1.807, 2.05) is 23.1 Å². The van der Waals surface area contributed by atoms with Crippen molar-refractivity contribution in [3.8, 4) is 0 Å². The van der Waals surface area contributed by atoms with Gasteiger partial charge in [-0.15, -0.1) is 0 Å². The normalized spacial score (nSPS) is 23.5. The average Bonchev–Trinajstić information content (AvgIpc) is 3.28. The number of ketones is 1. The Balaban J connectivity index is 0.000000222. The number of nitrogens with two attached hydrogens (primary N) is 1. The zero-order chi connectivity index (χ0) is 23.3. The number of thioether (sulfide) groups is 1. The minimum Gasteiger partial charge on any atom is -0.480 e. The van der Waals surface area contributed by atoms with Gasteiger partial charge in [0.05, 0.1) is 28.6 Å². The van der Waals surface area contributed by atoms with Crippen LogP contribution in [0, 0.1) is 0 Å². The molecule has 1 aromatic rings. The van der Waals surface area contributed by atoms with Crippen molar-refractivity contribution in [1.29, 1.82) is 0 Å². The van der Waals surface area contributed by atoms with E-state index in [0.717, 1.165) is 42.5 Å². The number of rotatable bonds is 4. The Morgan fingerprint density at radius 2 is 2.00 bits per heavy atom. The van der Waals surface area contributed by atoms with Crippen molar-refractivity contribution < 1.29 is 23.7 Å². The summed E-state index contributed by atoms with van der Waals surface area (Å²) in [6.07, 6.45) is 2.68. The summed E-state index contributed by atoms with van der Waals surface area (Å²) in [5.41, 5.74) is 7.72. The number of hydrogen-bond acceptors (Lipinski definition) is 8. The Bertz CT molecular complexity index is 945. The number of allylic oxidation sites excluding steroid dienone is 1. The molecule has 32 heavy (non-hydrogen) atoms. The zero-order valence-corrected chi connectivity index (χ0v) is 19.9. The van der Waals surface area contributed by atoms with E-state index in [9.17, 15) is 18.6 Å². The van der Waals surface area contributed by atoms with Gasteiger partial charge < -0.3 is 15.7 Å². The molecule has 0 aliphatic carbocycles. The number of benzene rings is 1. The highest BCUT2D eigenvalue weighted by Crippen LogP contribution is 2.37. The molecule has 8 nitrogen and oxygen atoms in total. The second-order valence-electron chi connectivity index (χ2n) is 7.77. The second-order valence-corrected chi connectivity index (χ2v) is 11.0. The molecular weight excluding hydrogens is 474 g/mol. The summed E-state index contributed by atoms with van der Waals surface area (Å²) in [4.78, 5) is 37.8. The lowest BCUT2D eigenvalue weighted by molar-refractivity contribution is -0.138. The Hall–Kier alpha value is -1.72. The van der Waals surface area contributed by atoms with Crippen molar-refractivity contribution in [2.75, 3.05) is 49.1 Å². The van der Waals surface area contributed by atoms with Gasteiger partial charge in [-0.1, -0.05) is 23.7 Å². The smallest absolute Gasteiger partial charge is 0.317 e. The topological polar surface area (TPSA) is 121 Å². The molecule has 3 saturated heterocycles. The Morgan fingerprint density at radius 3 is 2.56 bits per heavy atom. The van der Waals surface area contributed by atoms with Gasteiger partial charge in [0.1, 0.15) is 0 Å². The molecule has 3 heterocycles. The summed E-state index contributed by atoms with van der Waals surface area (Å²) in [6.45, 7) is 2.98. The SMILES string of the molecule is N[C@H]1CCN(c2c(Cl)cccc2/C=C2\SC(=O)CC2=O)C1.O=C(O)CN1CCS(=O)CC1. The van der Waals surface area contributed by atoms with Gasteiger partial charge in [-0.2, -0.15) is 0 Å². The summed E-state index contributed by atoms with van der Waals surface area (Å²) < 4.78 is 10.8. The molecule has 1 aromatic carbocycles. The maximum Gasteiger partial charge on any atom is 0.317 e. The lowest BCUT2D eigenvalue weighted by Gasteiger charge is -2.23. The Morgan fingerprint density at radius 1 is 1.28 bits per heavy atom. The summed E-state index contributed by atoms with van der Waals surface area (Å²) in [5.74, 6) is 0.312. The number of Topliss-reactive ketones (excluding diaryl/α,β-unsaturated/α-hetero) is 1. The molecule has 0 bridgehead atoms. The van der Waals surface area contributed by atoms with Crippen LogP contribution in [-0.4, -0.2) is 81.4 Å². The number of nitrogens with zero attached hydrogens (tertiary/aromatic N) is 2. The lowest BCUT2D eigenvalue weighted by atomic mass is 10.1. The molecule has 4 rings (SSSR count). The van der Waals surface area contributed by atoms with Crippen molar-refractivity contribution in [1.82, 2.24) is 4.90 Å². The number of halogens is 1. The van der Waals surface area contributed by atoms with Crippen LogP contribution >= 0.6 is 23.4 Å². The first kappa shape index (κ1) is 24.9. The van der Waals surface area contributed by atoms with Crippen LogP contribution in [0.4, 0.5) is 5.69 Å². The van der Waals surface area contributed by atoms with E-state index < -0.39 is 16.8 Å². The summed E-state index contributed by atoms with van der Waals surface area (Å²) in [6, 6.07) is 5.73. The second kappa shape index (κ2) is 11.4. The number of aliphatic carboxylic acids is 1. The minimum absolute atomic E-state index is 0.0129. The van der Waals surface area contributed by atoms with E-state index in [2.05, 4.69) is 4.90 Å². The van der Waals surface area contributed by atoms with E-state index in [-0.39, 0.29) is 29.9 Å². The lowest BCUT2D eigenvalue weighted by Crippen LogP contribution is -2.40. The van der Waals surface area contributed by atoms with Crippen LogP contribution in [0.1, 0.15) is 18.4 Å². The van der Waals surface area contributed by atoms with Gasteiger partial charge >= 0.3 is 5.97 Å². The van der Waals surface area contributed by atoms with E-state index in [4.69, 9.17) is 22.4 Å². The van der Waals surface area contributed by atoms with Gasteiger partial charge in [-0.25, -0.2) is 0 Å². The molecule has 3 N–H and O–H groups in total. The van der Waals surface area contributed by atoms with Crippen LogP contribution in [0.3, 0.4) is 0 Å². The summed E-state index contributed by atoms with van der Waals surface area (Å²) in [7, 11) is -0.710. The van der Waals surface area contributed by atoms with Gasteiger partial charge in [-0.05, 0) is 30.3 Å². The molecule has 3 aliphatic heterocycles. The molecule has 1 atom stereocenters. The predicted molar refractivity (Wildman–Crippen MR) is 128 cm³/mol. The molecule has 11 heteroatoms. The third kappa shape index (κ3) is 6.89. The van der Waals surface area contributed by atoms with Crippen molar-refractivity contribution in [2.24, 2.45) is 5.73 Å². The number of carbonyl (C=O) groups excluding carboxylic acids is 2. The maximum atomic E-state index is 11.8. The molecule has 0 aromatic heterocycles. The fourth-order valence-electron chi connectivity index (χ4n) is 3.68. The van der Waals surface area contributed by atoms with Crippen LogP contribution in [0.5, 0.6) is 0 Å². The van der Waals surface area contributed by atoms with Gasteiger partial charge in [0.25, 0.3) is 0 Å². The first-order valence-electron chi connectivity index (χ1n) is 10.3. The number of carboxylic acids is 1. The van der Waals surface area contributed by atoms with Crippen molar-refractivity contribution in [3.05, 3.63) is 33.7 Å². The summed E-state index contributed by atoms with van der Waals surface area (Å²) >= 11 is 7.35. The molecular formula is C21H26ClN3O5S2. The number of hydrogen-bond donors (Lipinski definition) is 2. The van der Waals surface area contributed by atoms with Crippen LogP contribution < -0.4 is 10.6 Å². The van der Waals surface area contributed by atoms with Crippen molar-refractivity contribution in [3.63, 3.8) is 0 Å². The Kier molecular flexibility index (Phi) is 8.89. The monoisotopic (exact) mass is 499 g/mol. The van der Waals surface area contributed by atoms with E-state index in [1.165, 1.54) is 0 Å². The zero-order valence-electron chi connectivity index (χ0n) is 17.5. The van der Waals surface area contributed by atoms with Gasteiger partial charge in [-0.3, -0.25) is 23.5 Å². The maximum absolute atomic E-state index is 11.8. The molecule has 174 valence electrons. The van der Waals surface area contributed by atoms with Crippen molar-refractivity contribution >= 4 is 62.8 Å². The highest BCUT2D eigenvalue weighted by molar-refractivity contribution is 8.18. The van der Waals surface area contributed by atoms with Gasteiger partial charge in [0, 0.05) is 60.1 Å². The highest BCUT2D eigenvalue weighted by atomic mass is 35.5. The third-order valence-electron chi connectivity index (χ3n) is 5.28. The molecule has 0 spiro atoms. The molecule has 3 aliphatic rings. The Labute approximate surface area is 198 Å². The van der Waals surface area contributed by atoms with Crippen LogP contribution in [-0.2, 0) is 25.2 Å². The van der Waals surface area contributed by atoms with E-state index >= 15 is 0 Å². The van der Waals surface area contributed by atoms with E-state index in [1.54, 1.807) is 6.08 Å². The first-order chi connectivity index (χ1) is 15.2. The predicted octanol–water partition coefficient (Wildman–Crippen LogP) is 1.59. The molecule has 0 saturated carbocycles. The average molecular weight is 500 g/mol. The minimum atomic E-state index is -0.808. The largest absolute Gasteiger partial charge is 0.480 e. The fraction of sp³-hybridized carbons (Fsp3) is 0.476.